The molecule has 2 heterocycles. The third-order valence-electron chi connectivity index (χ3n) is 4.56. The number of carbonyl (C=O) groups is 2. The Morgan fingerprint density at radius 3 is 2.67 bits per heavy atom. The minimum Gasteiger partial charge on any atom is -0.494 e. The highest BCUT2D eigenvalue weighted by Gasteiger charge is 2.30. The van der Waals surface area contributed by atoms with Gasteiger partial charge in [0.1, 0.15) is 6.33 Å². The number of aryl methyl sites for hydroxylation is 1. The van der Waals surface area contributed by atoms with Crippen molar-refractivity contribution in [2.45, 2.75) is 12.8 Å². The summed E-state index contributed by atoms with van der Waals surface area (Å²) in [5.74, 6) is 0.301. The molecular formula is C19H20N8O3. The van der Waals surface area contributed by atoms with Crippen LogP contribution in [0.1, 0.15) is 23.3 Å². The summed E-state index contributed by atoms with van der Waals surface area (Å²) < 4.78 is 7.16. The van der Waals surface area contributed by atoms with Gasteiger partial charge in [-0.15, -0.1) is 10.2 Å². The van der Waals surface area contributed by atoms with Crippen LogP contribution in [0.15, 0.2) is 30.6 Å². The second-order valence-corrected chi connectivity index (χ2v) is 6.87. The number of amides is 2. The molecule has 1 saturated carbocycles. The Hall–Kier alpha value is -4.02. The highest BCUT2D eigenvalue weighted by atomic mass is 16.5. The highest BCUT2D eigenvalue weighted by Crippen LogP contribution is 2.37. The SMILES string of the molecule is COc1c(Nc2cc(NC(=O)C3CC3)nnc2C(N)=O)cccc1-c1ncn(C)n1. The molecule has 1 aliphatic rings. The molecule has 0 spiro atoms. The number of nitrogens with one attached hydrogen (secondary N) is 2. The summed E-state index contributed by atoms with van der Waals surface area (Å²) in [4.78, 5) is 28.1. The molecule has 154 valence electrons. The largest absolute Gasteiger partial charge is 0.494 e. The molecule has 0 saturated heterocycles. The van der Waals surface area contributed by atoms with Gasteiger partial charge in [-0.2, -0.15) is 5.10 Å². The van der Waals surface area contributed by atoms with Crippen LogP contribution in [0, 0.1) is 5.92 Å². The van der Waals surface area contributed by atoms with Gasteiger partial charge in [0.25, 0.3) is 5.91 Å². The maximum Gasteiger partial charge on any atom is 0.271 e. The van der Waals surface area contributed by atoms with Crippen LogP contribution in [0.5, 0.6) is 5.75 Å². The van der Waals surface area contributed by atoms with Gasteiger partial charge in [0, 0.05) is 19.0 Å². The molecule has 1 aliphatic carbocycles. The number of nitrogens with two attached hydrogens (primary N) is 1. The van der Waals surface area contributed by atoms with Gasteiger partial charge in [-0.05, 0) is 25.0 Å². The zero-order valence-electron chi connectivity index (χ0n) is 16.4. The number of anilines is 3. The van der Waals surface area contributed by atoms with Gasteiger partial charge in [0.15, 0.2) is 23.1 Å². The predicted octanol–water partition coefficient (Wildman–Crippen LogP) is 1.47. The Morgan fingerprint density at radius 2 is 2.03 bits per heavy atom. The standard InChI is InChI=1S/C19H20N8O3/c1-27-9-21-18(26-27)11-4-3-5-12(16(11)30-2)22-13-8-14(23-19(29)10-6-7-10)24-25-15(13)17(20)28/h3-5,8-10H,6-7H2,1-2H3,(H2,20,28)(H2,22,23,24,29). The highest BCUT2D eigenvalue weighted by molar-refractivity contribution is 5.99. The molecular weight excluding hydrogens is 388 g/mol. The summed E-state index contributed by atoms with van der Waals surface area (Å²) in [6.07, 6.45) is 3.30. The molecule has 2 amide bonds. The van der Waals surface area contributed by atoms with E-state index in [4.69, 9.17) is 10.5 Å². The second-order valence-electron chi connectivity index (χ2n) is 6.87. The molecule has 3 aromatic rings. The zero-order chi connectivity index (χ0) is 21.3. The smallest absolute Gasteiger partial charge is 0.271 e. The Balaban J connectivity index is 1.70. The van der Waals surface area contributed by atoms with Gasteiger partial charge < -0.3 is 21.1 Å². The van der Waals surface area contributed by atoms with Crippen molar-refractivity contribution in [3.05, 3.63) is 36.3 Å². The molecule has 0 radical (unpaired) electrons. The monoisotopic (exact) mass is 408 g/mol. The van der Waals surface area contributed by atoms with E-state index in [2.05, 4.69) is 30.9 Å². The van der Waals surface area contributed by atoms with Crippen molar-refractivity contribution in [2.75, 3.05) is 17.7 Å². The van der Waals surface area contributed by atoms with Crippen molar-refractivity contribution in [1.29, 1.82) is 0 Å². The van der Waals surface area contributed by atoms with Crippen LogP contribution in [-0.2, 0) is 11.8 Å². The van der Waals surface area contributed by atoms with E-state index in [1.807, 2.05) is 6.07 Å². The number of para-hydroxylation sites is 1. The number of ether oxygens (including phenoxy) is 1. The lowest BCUT2D eigenvalue weighted by Crippen LogP contribution is -2.19. The van der Waals surface area contributed by atoms with E-state index in [0.29, 0.717) is 22.8 Å². The van der Waals surface area contributed by atoms with Gasteiger partial charge in [-0.3, -0.25) is 14.3 Å². The van der Waals surface area contributed by atoms with E-state index in [1.165, 1.54) is 13.2 Å². The van der Waals surface area contributed by atoms with Gasteiger partial charge in [-0.25, -0.2) is 4.98 Å². The third kappa shape index (κ3) is 3.90. The fraction of sp³-hybridized carbons (Fsp3) is 0.263. The first-order valence-corrected chi connectivity index (χ1v) is 9.24. The quantitative estimate of drug-likeness (QED) is 0.532. The fourth-order valence-corrected chi connectivity index (χ4v) is 2.94. The van der Waals surface area contributed by atoms with Crippen molar-refractivity contribution in [1.82, 2.24) is 25.0 Å². The molecule has 0 unspecified atom stereocenters. The zero-order valence-corrected chi connectivity index (χ0v) is 16.4. The summed E-state index contributed by atoms with van der Waals surface area (Å²) in [5.41, 5.74) is 6.87. The van der Waals surface area contributed by atoms with Gasteiger partial charge in [0.05, 0.1) is 24.0 Å². The van der Waals surface area contributed by atoms with E-state index in [-0.39, 0.29) is 29.0 Å². The van der Waals surface area contributed by atoms with Crippen molar-refractivity contribution >= 4 is 29.0 Å². The van der Waals surface area contributed by atoms with Crippen molar-refractivity contribution in [3.8, 4) is 17.1 Å². The predicted molar refractivity (Wildman–Crippen MR) is 108 cm³/mol. The molecule has 0 bridgehead atoms. The summed E-state index contributed by atoms with van der Waals surface area (Å²) >= 11 is 0. The number of nitrogens with zero attached hydrogens (tertiary/aromatic N) is 5. The summed E-state index contributed by atoms with van der Waals surface area (Å²) in [5, 5.41) is 17.9. The molecule has 11 nitrogen and oxygen atoms in total. The lowest BCUT2D eigenvalue weighted by atomic mass is 10.1. The van der Waals surface area contributed by atoms with E-state index in [0.717, 1.165) is 12.8 Å². The molecule has 0 aliphatic heterocycles. The van der Waals surface area contributed by atoms with Crippen LogP contribution < -0.4 is 21.1 Å². The van der Waals surface area contributed by atoms with Crippen molar-refractivity contribution in [2.24, 2.45) is 18.7 Å². The number of rotatable bonds is 7. The first kappa shape index (κ1) is 19.3. The average molecular weight is 408 g/mol. The molecule has 4 rings (SSSR count). The topological polar surface area (TPSA) is 150 Å². The average Bonchev–Trinajstić information content (AvgIpc) is 3.49. The molecule has 1 fully saturated rings. The van der Waals surface area contributed by atoms with Gasteiger partial charge >= 0.3 is 0 Å². The Morgan fingerprint density at radius 1 is 1.23 bits per heavy atom. The van der Waals surface area contributed by atoms with Crippen LogP contribution in [-0.4, -0.2) is 43.9 Å². The minimum absolute atomic E-state index is 0.00155. The molecule has 11 heteroatoms. The lowest BCUT2D eigenvalue weighted by Gasteiger charge is -2.15. The molecule has 1 aromatic carbocycles. The number of aromatic nitrogens is 5. The Labute approximate surface area is 171 Å². The van der Waals surface area contributed by atoms with E-state index in [1.54, 1.807) is 30.2 Å². The Kier molecular flexibility index (Phi) is 5.00. The van der Waals surface area contributed by atoms with Crippen LogP contribution in [0.25, 0.3) is 11.4 Å². The molecule has 4 N–H and O–H groups in total. The van der Waals surface area contributed by atoms with Crippen LogP contribution >= 0.6 is 0 Å². The van der Waals surface area contributed by atoms with Crippen molar-refractivity contribution < 1.29 is 14.3 Å². The van der Waals surface area contributed by atoms with E-state index >= 15 is 0 Å². The summed E-state index contributed by atoms with van der Waals surface area (Å²) in [6.45, 7) is 0. The van der Waals surface area contributed by atoms with E-state index < -0.39 is 5.91 Å². The summed E-state index contributed by atoms with van der Waals surface area (Å²) in [6, 6.07) is 6.89. The first-order chi connectivity index (χ1) is 14.5. The number of carbonyl (C=O) groups excluding carboxylic acids is 2. The molecule has 30 heavy (non-hydrogen) atoms. The maximum atomic E-state index is 12.0. The molecule has 2 aromatic heterocycles. The second kappa shape index (κ2) is 7.78. The number of methoxy groups -OCH3 is 1. The van der Waals surface area contributed by atoms with Crippen molar-refractivity contribution in [3.63, 3.8) is 0 Å². The van der Waals surface area contributed by atoms with Gasteiger partial charge in [0.2, 0.25) is 5.91 Å². The van der Waals surface area contributed by atoms with Crippen LogP contribution in [0.2, 0.25) is 0 Å². The fourth-order valence-electron chi connectivity index (χ4n) is 2.94. The minimum atomic E-state index is -0.758. The van der Waals surface area contributed by atoms with E-state index in [9.17, 15) is 9.59 Å². The van der Waals surface area contributed by atoms with Gasteiger partial charge in [-0.1, -0.05) is 6.07 Å². The van der Waals surface area contributed by atoms with Crippen LogP contribution in [0.3, 0.4) is 0 Å². The number of benzene rings is 1. The molecule has 0 atom stereocenters. The number of hydrogen-bond acceptors (Lipinski definition) is 8. The third-order valence-corrected chi connectivity index (χ3v) is 4.56. The number of primary amides is 1. The number of hydrogen-bond donors (Lipinski definition) is 3. The first-order valence-electron chi connectivity index (χ1n) is 9.24. The Bertz CT molecular complexity index is 1120. The summed E-state index contributed by atoms with van der Waals surface area (Å²) in [7, 11) is 3.29. The normalized spacial score (nSPS) is 13.0. The maximum absolute atomic E-state index is 12.0. The lowest BCUT2D eigenvalue weighted by molar-refractivity contribution is -0.117. The van der Waals surface area contributed by atoms with Crippen LogP contribution in [0.4, 0.5) is 17.2 Å².